The van der Waals surface area contributed by atoms with Crippen LogP contribution >= 0.6 is 22.6 Å². The predicted molar refractivity (Wildman–Crippen MR) is 82.8 cm³/mol. The lowest BCUT2D eigenvalue weighted by atomic mass is 10.3. The van der Waals surface area contributed by atoms with Gasteiger partial charge >= 0.3 is 0 Å². The van der Waals surface area contributed by atoms with Crippen molar-refractivity contribution in [2.24, 2.45) is 0 Å². The largest absolute Gasteiger partial charge is 0.384 e. The van der Waals surface area contributed by atoms with Gasteiger partial charge in [0.15, 0.2) is 0 Å². The monoisotopic (exact) mass is 372 g/mol. The van der Waals surface area contributed by atoms with E-state index in [1.807, 2.05) is 0 Å². The maximum absolute atomic E-state index is 13.0. The Morgan fingerprint density at radius 1 is 1.32 bits per heavy atom. The molecule has 0 aliphatic rings. The summed E-state index contributed by atoms with van der Waals surface area (Å²) in [5.41, 5.74) is 6.55. The van der Waals surface area contributed by atoms with Gasteiger partial charge in [0.05, 0.1) is 5.69 Å². The predicted octanol–water partition coefficient (Wildman–Crippen LogP) is 3.50. The number of halogens is 2. The van der Waals surface area contributed by atoms with Crippen molar-refractivity contribution in [3.05, 3.63) is 39.5 Å². The first-order valence-corrected chi connectivity index (χ1v) is 7.02. The average Bonchev–Trinajstić information content (AvgIpc) is 2.32. The molecule has 4 nitrogen and oxygen atoms in total. The Labute approximate surface area is 124 Å². The van der Waals surface area contributed by atoms with Crippen LogP contribution in [-0.2, 0) is 6.42 Å². The number of benzene rings is 1. The number of aromatic nitrogens is 2. The number of nitrogens with one attached hydrogen (secondary N) is 1. The SMILES string of the molecule is CCCc1nc(N)cc(Nc2ccc(F)cc2I)n1. The van der Waals surface area contributed by atoms with Gasteiger partial charge in [0, 0.05) is 16.1 Å². The van der Waals surface area contributed by atoms with Crippen molar-refractivity contribution in [2.45, 2.75) is 19.8 Å². The first kappa shape index (κ1) is 14.0. The second-order valence-electron chi connectivity index (χ2n) is 4.09. The van der Waals surface area contributed by atoms with Crippen molar-refractivity contribution in [1.29, 1.82) is 0 Å². The quantitative estimate of drug-likeness (QED) is 0.807. The summed E-state index contributed by atoms with van der Waals surface area (Å²) in [5, 5.41) is 3.13. The molecule has 0 saturated heterocycles. The van der Waals surface area contributed by atoms with Crippen LogP contribution in [0.15, 0.2) is 24.3 Å². The lowest BCUT2D eigenvalue weighted by molar-refractivity contribution is 0.627. The van der Waals surface area contributed by atoms with Gasteiger partial charge in [-0.25, -0.2) is 14.4 Å². The topological polar surface area (TPSA) is 63.8 Å². The van der Waals surface area contributed by atoms with E-state index < -0.39 is 0 Å². The van der Waals surface area contributed by atoms with Crippen LogP contribution in [0.1, 0.15) is 19.2 Å². The molecular weight excluding hydrogens is 358 g/mol. The number of rotatable bonds is 4. The molecule has 0 amide bonds. The molecule has 19 heavy (non-hydrogen) atoms. The van der Waals surface area contributed by atoms with Gasteiger partial charge in [-0.15, -0.1) is 0 Å². The molecular formula is C13H14FIN4. The van der Waals surface area contributed by atoms with E-state index in [9.17, 15) is 4.39 Å². The van der Waals surface area contributed by atoms with Crippen LogP contribution in [0.5, 0.6) is 0 Å². The highest BCUT2D eigenvalue weighted by molar-refractivity contribution is 14.1. The van der Waals surface area contributed by atoms with E-state index in [0.29, 0.717) is 17.5 Å². The smallest absolute Gasteiger partial charge is 0.136 e. The zero-order valence-electron chi connectivity index (χ0n) is 10.5. The zero-order valence-corrected chi connectivity index (χ0v) is 12.6. The minimum absolute atomic E-state index is 0.260. The molecule has 0 unspecified atom stereocenters. The fraction of sp³-hybridized carbons (Fsp3) is 0.231. The summed E-state index contributed by atoms with van der Waals surface area (Å²) in [5.74, 6) is 1.50. The van der Waals surface area contributed by atoms with Gasteiger partial charge in [0.1, 0.15) is 23.3 Å². The van der Waals surface area contributed by atoms with E-state index in [4.69, 9.17) is 5.73 Å². The minimum atomic E-state index is -0.260. The summed E-state index contributed by atoms with van der Waals surface area (Å²) in [6.45, 7) is 2.06. The second-order valence-corrected chi connectivity index (χ2v) is 5.26. The Hall–Kier alpha value is -1.44. The van der Waals surface area contributed by atoms with Crippen molar-refractivity contribution in [2.75, 3.05) is 11.1 Å². The van der Waals surface area contributed by atoms with E-state index in [0.717, 1.165) is 22.1 Å². The van der Waals surface area contributed by atoms with Crippen molar-refractivity contribution < 1.29 is 4.39 Å². The van der Waals surface area contributed by atoms with Crippen LogP contribution in [-0.4, -0.2) is 9.97 Å². The third-order valence-electron chi connectivity index (χ3n) is 2.46. The molecule has 0 atom stereocenters. The van der Waals surface area contributed by atoms with Crippen LogP contribution < -0.4 is 11.1 Å². The number of hydrogen-bond donors (Lipinski definition) is 2. The summed E-state index contributed by atoms with van der Waals surface area (Å²) in [6.07, 6.45) is 1.73. The first-order valence-electron chi connectivity index (χ1n) is 5.94. The molecule has 0 radical (unpaired) electrons. The molecule has 6 heteroatoms. The number of aryl methyl sites for hydroxylation is 1. The van der Waals surface area contributed by atoms with Crippen molar-refractivity contribution in [1.82, 2.24) is 9.97 Å². The highest BCUT2D eigenvalue weighted by Gasteiger charge is 2.05. The highest BCUT2D eigenvalue weighted by atomic mass is 127. The number of hydrogen-bond acceptors (Lipinski definition) is 4. The van der Waals surface area contributed by atoms with Gasteiger partial charge in [-0.3, -0.25) is 0 Å². The highest BCUT2D eigenvalue weighted by Crippen LogP contribution is 2.23. The van der Waals surface area contributed by atoms with Gasteiger partial charge in [-0.1, -0.05) is 6.92 Å². The van der Waals surface area contributed by atoms with Crippen LogP contribution in [0, 0.1) is 9.39 Å². The Balaban J connectivity index is 2.27. The van der Waals surface area contributed by atoms with Gasteiger partial charge in [0.2, 0.25) is 0 Å². The van der Waals surface area contributed by atoms with E-state index >= 15 is 0 Å². The molecule has 0 bridgehead atoms. The average molecular weight is 372 g/mol. The lowest BCUT2D eigenvalue weighted by Gasteiger charge is -2.09. The number of nitrogens with two attached hydrogens (primary N) is 1. The van der Waals surface area contributed by atoms with Gasteiger partial charge in [0.25, 0.3) is 0 Å². The molecule has 1 heterocycles. The third kappa shape index (κ3) is 3.76. The molecule has 0 fully saturated rings. The molecule has 3 N–H and O–H groups in total. The summed E-state index contributed by atoms with van der Waals surface area (Å²) >= 11 is 2.07. The molecule has 1 aromatic carbocycles. The van der Waals surface area contributed by atoms with Crippen LogP contribution in [0.3, 0.4) is 0 Å². The summed E-state index contributed by atoms with van der Waals surface area (Å²) < 4.78 is 13.8. The molecule has 2 aromatic rings. The maximum Gasteiger partial charge on any atom is 0.136 e. The Morgan fingerprint density at radius 2 is 2.11 bits per heavy atom. The lowest BCUT2D eigenvalue weighted by Crippen LogP contribution is -2.04. The molecule has 1 aromatic heterocycles. The Bertz CT molecular complexity index is 589. The van der Waals surface area contributed by atoms with Gasteiger partial charge in [-0.2, -0.15) is 0 Å². The van der Waals surface area contributed by atoms with Crippen molar-refractivity contribution >= 4 is 39.9 Å². The van der Waals surface area contributed by atoms with Gasteiger partial charge in [-0.05, 0) is 47.2 Å². The Morgan fingerprint density at radius 3 is 2.79 bits per heavy atom. The van der Waals surface area contributed by atoms with E-state index in [2.05, 4.69) is 44.8 Å². The summed E-state index contributed by atoms with van der Waals surface area (Å²) in [7, 11) is 0. The minimum Gasteiger partial charge on any atom is -0.384 e. The molecule has 0 aliphatic carbocycles. The molecule has 0 spiro atoms. The summed E-state index contributed by atoms with van der Waals surface area (Å²) in [6, 6.07) is 6.20. The van der Waals surface area contributed by atoms with E-state index in [1.165, 1.54) is 12.1 Å². The van der Waals surface area contributed by atoms with E-state index in [1.54, 1.807) is 12.1 Å². The molecule has 0 aliphatic heterocycles. The summed E-state index contributed by atoms with van der Waals surface area (Å²) in [4.78, 5) is 8.55. The van der Waals surface area contributed by atoms with Gasteiger partial charge < -0.3 is 11.1 Å². The number of anilines is 3. The Kier molecular flexibility index (Phi) is 4.52. The fourth-order valence-electron chi connectivity index (χ4n) is 1.65. The van der Waals surface area contributed by atoms with E-state index in [-0.39, 0.29) is 5.82 Å². The number of nitrogen functional groups attached to an aromatic ring is 1. The maximum atomic E-state index is 13.0. The first-order chi connectivity index (χ1) is 9.08. The molecule has 100 valence electrons. The molecule has 0 saturated carbocycles. The normalized spacial score (nSPS) is 10.5. The van der Waals surface area contributed by atoms with Crippen LogP contribution in [0.25, 0.3) is 0 Å². The molecule has 2 rings (SSSR count). The third-order valence-corrected chi connectivity index (χ3v) is 3.35. The fourth-order valence-corrected chi connectivity index (χ4v) is 2.26. The standard InChI is InChI=1S/C13H14FIN4/c1-2-3-12-18-11(16)7-13(19-12)17-10-5-4-8(14)6-9(10)15/h4-7H,2-3H2,1H3,(H3,16,17,18,19). The van der Waals surface area contributed by atoms with Crippen LogP contribution in [0.2, 0.25) is 0 Å². The van der Waals surface area contributed by atoms with Crippen molar-refractivity contribution in [3.8, 4) is 0 Å². The van der Waals surface area contributed by atoms with Crippen LogP contribution in [0.4, 0.5) is 21.7 Å². The van der Waals surface area contributed by atoms with Crippen molar-refractivity contribution in [3.63, 3.8) is 0 Å². The second kappa shape index (κ2) is 6.14. The number of nitrogens with zero attached hydrogens (tertiary/aromatic N) is 2. The zero-order chi connectivity index (χ0) is 13.8.